The van der Waals surface area contributed by atoms with Crippen molar-refractivity contribution in [1.82, 2.24) is 0 Å². The van der Waals surface area contributed by atoms with Crippen LogP contribution in [0.15, 0.2) is 23.8 Å². The summed E-state index contributed by atoms with van der Waals surface area (Å²) in [5, 5.41) is 20.5. The van der Waals surface area contributed by atoms with Crippen molar-refractivity contribution in [2.45, 2.75) is 64.9 Å². The van der Waals surface area contributed by atoms with Crippen molar-refractivity contribution in [1.29, 1.82) is 0 Å². The minimum atomic E-state index is -1.83. The summed E-state index contributed by atoms with van der Waals surface area (Å²) in [5.41, 5.74) is -2.39. The number of carbonyl (C=O) groups is 5. The lowest BCUT2D eigenvalue weighted by Crippen LogP contribution is -2.62. The molecule has 0 radical (unpaired) electrons. The summed E-state index contributed by atoms with van der Waals surface area (Å²) in [6.07, 6.45) is 6.27. The van der Waals surface area contributed by atoms with Crippen LogP contribution in [0.2, 0.25) is 0 Å². The number of ketones is 3. The highest BCUT2D eigenvalue weighted by atomic mass is 16.5. The van der Waals surface area contributed by atoms with E-state index in [1.165, 1.54) is 6.08 Å². The highest BCUT2D eigenvalue weighted by molar-refractivity contribution is 6.02. The number of rotatable bonds is 6. The standard InChI is InChI=1S/C26H32O8/c1-14-10-18-17-5-4-15-11-16(27)8-9-24(15,2)23(17)19(28)12-25(18,3)26(14,33)20(29)13-34-22(32)7-6-21(30)31/h8-9,11,14,17-18,23,33H,4-7,10,12-13H2,1-3H3,(H,30,31)/t14-,17-,18+,23-,24-,25-,26-/m0/s1. The van der Waals surface area contributed by atoms with Crippen LogP contribution in [0.4, 0.5) is 0 Å². The molecule has 2 N–H and O–H groups in total. The number of allylic oxidation sites excluding steroid dienone is 4. The monoisotopic (exact) mass is 472 g/mol. The molecule has 0 bridgehead atoms. The first-order valence-electron chi connectivity index (χ1n) is 11.9. The molecule has 0 aromatic carbocycles. The second-order valence-corrected chi connectivity index (χ2v) is 10.9. The topological polar surface area (TPSA) is 135 Å². The molecule has 0 aromatic heterocycles. The van der Waals surface area contributed by atoms with Gasteiger partial charge in [0, 0.05) is 23.2 Å². The first-order chi connectivity index (χ1) is 15.8. The average Bonchev–Trinajstić information content (AvgIpc) is 2.97. The second-order valence-electron chi connectivity index (χ2n) is 10.9. The third-order valence-corrected chi connectivity index (χ3v) is 9.17. The largest absolute Gasteiger partial charge is 0.481 e. The third-order valence-electron chi connectivity index (χ3n) is 9.17. The number of fused-ring (bicyclic) bond motifs is 5. The van der Waals surface area contributed by atoms with Crippen molar-refractivity contribution in [2.24, 2.45) is 34.5 Å². The fourth-order valence-electron chi connectivity index (χ4n) is 7.50. The number of hydrogen-bond acceptors (Lipinski definition) is 7. The maximum Gasteiger partial charge on any atom is 0.306 e. The van der Waals surface area contributed by atoms with Crippen LogP contribution >= 0.6 is 0 Å². The molecule has 0 aliphatic heterocycles. The molecule has 0 unspecified atom stereocenters. The molecule has 4 rings (SSSR count). The summed E-state index contributed by atoms with van der Waals surface area (Å²) in [4.78, 5) is 61.3. The Morgan fingerprint density at radius 1 is 1.18 bits per heavy atom. The molecule has 8 heteroatoms. The number of aliphatic hydroxyl groups is 1. The number of Topliss-reactive ketones (excluding diaryl/α,β-unsaturated/α-hetero) is 2. The molecule has 0 amide bonds. The minimum absolute atomic E-state index is 0.0189. The predicted molar refractivity (Wildman–Crippen MR) is 119 cm³/mol. The molecule has 3 saturated carbocycles. The van der Waals surface area contributed by atoms with Crippen molar-refractivity contribution in [2.75, 3.05) is 6.61 Å². The van der Waals surface area contributed by atoms with Gasteiger partial charge < -0.3 is 14.9 Å². The zero-order valence-electron chi connectivity index (χ0n) is 19.8. The van der Waals surface area contributed by atoms with E-state index in [1.807, 2.05) is 13.0 Å². The van der Waals surface area contributed by atoms with Crippen LogP contribution in [-0.4, -0.2) is 51.7 Å². The molecule has 0 aromatic rings. The number of ether oxygens (including phenoxy) is 1. The molecular weight excluding hydrogens is 440 g/mol. The Labute approximate surface area is 198 Å². The van der Waals surface area contributed by atoms with Crippen molar-refractivity contribution in [3.05, 3.63) is 23.8 Å². The van der Waals surface area contributed by atoms with Crippen LogP contribution in [0, 0.1) is 34.5 Å². The van der Waals surface area contributed by atoms with E-state index in [1.54, 1.807) is 19.9 Å². The Hall–Kier alpha value is -2.61. The van der Waals surface area contributed by atoms with Gasteiger partial charge in [-0.05, 0) is 49.2 Å². The van der Waals surface area contributed by atoms with Gasteiger partial charge in [0.05, 0.1) is 12.8 Å². The fourth-order valence-corrected chi connectivity index (χ4v) is 7.50. The molecule has 0 heterocycles. The van der Waals surface area contributed by atoms with E-state index in [-0.39, 0.29) is 42.2 Å². The summed E-state index contributed by atoms with van der Waals surface area (Å²) < 4.78 is 4.99. The Balaban J connectivity index is 1.58. The van der Waals surface area contributed by atoms with Gasteiger partial charge in [0.1, 0.15) is 11.4 Å². The van der Waals surface area contributed by atoms with Gasteiger partial charge in [0.25, 0.3) is 0 Å². The van der Waals surface area contributed by atoms with Gasteiger partial charge in [0.2, 0.25) is 5.78 Å². The maximum atomic E-state index is 13.6. The average molecular weight is 473 g/mol. The van der Waals surface area contributed by atoms with Crippen LogP contribution in [-0.2, 0) is 28.7 Å². The minimum Gasteiger partial charge on any atom is -0.481 e. The lowest BCUT2D eigenvalue weighted by molar-refractivity contribution is -0.176. The van der Waals surface area contributed by atoms with E-state index < -0.39 is 53.1 Å². The molecule has 0 spiro atoms. The normalized spacial score (nSPS) is 40.6. The van der Waals surface area contributed by atoms with E-state index in [2.05, 4.69) is 0 Å². The summed E-state index contributed by atoms with van der Waals surface area (Å²) in [7, 11) is 0. The van der Waals surface area contributed by atoms with Crippen molar-refractivity contribution in [3.8, 4) is 0 Å². The van der Waals surface area contributed by atoms with Gasteiger partial charge in [-0.3, -0.25) is 24.0 Å². The zero-order chi connectivity index (χ0) is 25.1. The number of carbonyl (C=O) groups excluding carboxylic acids is 4. The molecule has 7 atom stereocenters. The Bertz CT molecular complexity index is 1020. The van der Waals surface area contributed by atoms with Crippen molar-refractivity contribution in [3.63, 3.8) is 0 Å². The van der Waals surface area contributed by atoms with Crippen LogP contribution < -0.4 is 0 Å². The van der Waals surface area contributed by atoms with E-state index in [0.717, 1.165) is 5.57 Å². The highest BCUT2D eigenvalue weighted by Crippen LogP contribution is 2.67. The van der Waals surface area contributed by atoms with E-state index >= 15 is 0 Å². The maximum absolute atomic E-state index is 13.6. The number of carboxylic acid groups (broad SMARTS) is 1. The summed E-state index contributed by atoms with van der Waals surface area (Å²) >= 11 is 0. The molecule has 4 aliphatic carbocycles. The lowest BCUT2D eigenvalue weighted by Gasteiger charge is -2.56. The van der Waals surface area contributed by atoms with Crippen LogP contribution in [0.3, 0.4) is 0 Å². The van der Waals surface area contributed by atoms with Gasteiger partial charge in [-0.15, -0.1) is 0 Å². The zero-order valence-corrected chi connectivity index (χ0v) is 19.8. The molecule has 0 saturated heterocycles. The fraction of sp³-hybridized carbons (Fsp3) is 0.654. The number of aliphatic carboxylic acids is 1. The Morgan fingerprint density at radius 2 is 1.88 bits per heavy atom. The van der Waals surface area contributed by atoms with Gasteiger partial charge in [-0.25, -0.2) is 0 Å². The molecular formula is C26H32O8. The van der Waals surface area contributed by atoms with Gasteiger partial charge in [-0.1, -0.05) is 32.4 Å². The number of esters is 1. The van der Waals surface area contributed by atoms with E-state index in [0.29, 0.717) is 19.3 Å². The van der Waals surface area contributed by atoms with Crippen molar-refractivity contribution >= 4 is 29.3 Å². The molecule has 4 aliphatic rings. The molecule has 184 valence electrons. The quantitative estimate of drug-likeness (QED) is 0.563. The van der Waals surface area contributed by atoms with Crippen molar-refractivity contribution < 1.29 is 38.9 Å². The summed E-state index contributed by atoms with van der Waals surface area (Å²) in [6.45, 7) is 4.94. The third kappa shape index (κ3) is 3.49. The van der Waals surface area contributed by atoms with Gasteiger partial charge in [0.15, 0.2) is 12.4 Å². The van der Waals surface area contributed by atoms with Gasteiger partial charge in [-0.2, -0.15) is 0 Å². The molecule has 8 nitrogen and oxygen atoms in total. The molecule has 3 fully saturated rings. The smallest absolute Gasteiger partial charge is 0.306 e. The molecule has 34 heavy (non-hydrogen) atoms. The Kier molecular flexibility index (Phi) is 5.95. The van der Waals surface area contributed by atoms with E-state index in [9.17, 15) is 29.1 Å². The Morgan fingerprint density at radius 3 is 2.56 bits per heavy atom. The SMILES string of the molecule is C[C@H]1C[C@@H]2[C@@H]3CCC4=CC(=O)C=C[C@]4(C)[C@@H]3C(=O)C[C@]2(C)[C@@]1(O)C(=O)COC(=O)CCC(=O)O. The van der Waals surface area contributed by atoms with Crippen LogP contribution in [0.25, 0.3) is 0 Å². The summed E-state index contributed by atoms with van der Waals surface area (Å²) in [5.74, 6) is -3.55. The lowest BCUT2D eigenvalue weighted by atomic mass is 9.46. The van der Waals surface area contributed by atoms with Crippen LogP contribution in [0.5, 0.6) is 0 Å². The second kappa shape index (κ2) is 8.26. The summed E-state index contributed by atoms with van der Waals surface area (Å²) in [6, 6.07) is 0. The predicted octanol–water partition coefficient (Wildman–Crippen LogP) is 2.43. The van der Waals surface area contributed by atoms with E-state index in [4.69, 9.17) is 9.84 Å². The number of carboxylic acids is 1. The van der Waals surface area contributed by atoms with Gasteiger partial charge >= 0.3 is 11.9 Å². The number of hydrogen-bond donors (Lipinski definition) is 2. The van der Waals surface area contributed by atoms with Crippen LogP contribution in [0.1, 0.15) is 59.3 Å². The first-order valence-corrected chi connectivity index (χ1v) is 11.9. The highest BCUT2D eigenvalue weighted by Gasteiger charge is 2.70. The first kappa shape index (κ1) is 24.5.